The first-order valence-corrected chi connectivity index (χ1v) is 3.79. The van der Waals surface area contributed by atoms with Crippen LogP contribution in [0.3, 0.4) is 0 Å². The van der Waals surface area contributed by atoms with Crippen molar-refractivity contribution in [3.05, 3.63) is 29.6 Å². The Morgan fingerprint density at radius 3 is 3.08 bits per heavy atom. The smallest absolute Gasteiger partial charge is 0.123 e. The van der Waals surface area contributed by atoms with Gasteiger partial charge in [0.15, 0.2) is 0 Å². The molecule has 64 valence electrons. The number of halogens is 2. The molecule has 2 rings (SSSR count). The van der Waals surface area contributed by atoms with E-state index in [4.69, 9.17) is 17.5 Å². The summed E-state index contributed by atoms with van der Waals surface area (Å²) >= 11 is 5.66. The standard InChI is InChI=1S/C7H7ClFN3/c8-12-7(10)5-3-4(9)1-2-6(5)11-12/h1-3,7,11H,10H2. The highest BCUT2D eigenvalue weighted by molar-refractivity contribution is 6.14. The van der Waals surface area contributed by atoms with Crippen molar-refractivity contribution in [2.24, 2.45) is 5.73 Å². The van der Waals surface area contributed by atoms with E-state index in [-0.39, 0.29) is 5.82 Å². The van der Waals surface area contributed by atoms with Gasteiger partial charge in [-0.25, -0.2) is 4.39 Å². The van der Waals surface area contributed by atoms with Gasteiger partial charge in [-0.1, -0.05) is 0 Å². The van der Waals surface area contributed by atoms with E-state index < -0.39 is 6.17 Å². The molecule has 0 aliphatic carbocycles. The number of benzene rings is 1. The first-order valence-electron chi connectivity index (χ1n) is 3.45. The van der Waals surface area contributed by atoms with E-state index in [2.05, 4.69) is 5.43 Å². The summed E-state index contributed by atoms with van der Waals surface area (Å²) in [4.78, 5) is 0. The third-order valence-electron chi connectivity index (χ3n) is 1.80. The molecule has 3 N–H and O–H groups in total. The van der Waals surface area contributed by atoms with E-state index in [0.717, 1.165) is 5.69 Å². The molecule has 1 atom stereocenters. The highest BCUT2D eigenvalue weighted by atomic mass is 35.5. The van der Waals surface area contributed by atoms with E-state index in [1.165, 1.54) is 16.7 Å². The van der Waals surface area contributed by atoms with Crippen LogP contribution in [0.5, 0.6) is 0 Å². The predicted octanol–water partition coefficient (Wildman–Crippen LogP) is 1.58. The summed E-state index contributed by atoms with van der Waals surface area (Å²) in [5.41, 5.74) is 9.83. The minimum Gasteiger partial charge on any atom is -0.309 e. The number of nitrogens with two attached hydrogens (primary N) is 1. The molecule has 1 aliphatic rings. The molecule has 0 radical (unpaired) electrons. The maximum absolute atomic E-state index is 12.7. The fourth-order valence-corrected chi connectivity index (χ4v) is 1.38. The molecule has 0 fully saturated rings. The Morgan fingerprint density at radius 2 is 2.33 bits per heavy atom. The Kier molecular flexibility index (Phi) is 1.68. The van der Waals surface area contributed by atoms with Crippen LogP contribution in [-0.4, -0.2) is 4.53 Å². The second-order valence-electron chi connectivity index (χ2n) is 2.60. The number of rotatable bonds is 0. The van der Waals surface area contributed by atoms with Gasteiger partial charge in [0.1, 0.15) is 12.0 Å². The molecule has 0 bridgehead atoms. The van der Waals surface area contributed by atoms with Crippen molar-refractivity contribution in [1.82, 2.24) is 4.53 Å². The molecule has 3 nitrogen and oxygen atoms in total. The van der Waals surface area contributed by atoms with Gasteiger partial charge in [0.25, 0.3) is 0 Å². The molecule has 0 amide bonds. The largest absolute Gasteiger partial charge is 0.309 e. The second-order valence-corrected chi connectivity index (χ2v) is 2.96. The molecule has 0 saturated heterocycles. The zero-order valence-electron chi connectivity index (χ0n) is 6.09. The van der Waals surface area contributed by atoms with Crippen molar-refractivity contribution in [2.45, 2.75) is 6.17 Å². The first kappa shape index (κ1) is 7.79. The van der Waals surface area contributed by atoms with Gasteiger partial charge < -0.3 is 11.2 Å². The zero-order chi connectivity index (χ0) is 8.72. The Hall–Kier alpha value is -0.840. The SMILES string of the molecule is NC1c2cc(F)ccc2NN1Cl. The van der Waals surface area contributed by atoms with E-state index >= 15 is 0 Å². The average molecular weight is 188 g/mol. The van der Waals surface area contributed by atoms with E-state index in [0.29, 0.717) is 5.56 Å². The topological polar surface area (TPSA) is 41.3 Å². The van der Waals surface area contributed by atoms with Gasteiger partial charge in [0.2, 0.25) is 0 Å². The number of anilines is 1. The van der Waals surface area contributed by atoms with E-state index in [9.17, 15) is 4.39 Å². The fraction of sp³-hybridized carbons (Fsp3) is 0.143. The molecule has 1 aliphatic heterocycles. The molecule has 0 saturated carbocycles. The summed E-state index contributed by atoms with van der Waals surface area (Å²) in [5.74, 6) is -0.307. The zero-order valence-corrected chi connectivity index (χ0v) is 6.85. The van der Waals surface area contributed by atoms with Gasteiger partial charge in [-0.05, 0) is 18.2 Å². The molecule has 0 spiro atoms. The number of hydrogen-bond acceptors (Lipinski definition) is 3. The van der Waals surface area contributed by atoms with Crippen LogP contribution in [-0.2, 0) is 0 Å². The van der Waals surface area contributed by atoms with Crippen molar-refractivity contribution in [1.29, 1.82) is 0 Å². The summed E-state index contributed by atoms with van der Waals surface area (Å²) in [6.45, 7) is 0. The Morgan fingerprint density at radius 1 is 1.58 bits per heavy atom. The van der Waals surface area contributed by atoms with Crippen LogP contribution < -0.4 is 11.2 Å². The van der Waals surface area contributed by atoms with Crippen LogP contribution in [0.2, 0.25) is 0 Å². The Balaban J connectivity index is 2.48. The van der Waals surface area contributed by atoms with Gasteiger partial charge in [-0.15, -0.1) is 4.53 Å². The van der Waals surface area contributed by atoms with Crippen molar-refractivity contribution in [3.8, 4) is 0 Å². The summed E-state index contributed by atoms with van der Waals surface area (Å²) in [5, 5.41) is 0. The normalized spacial score (nSPS) is 22.1. The highest BCUT2D eigenvalue weighted by Gasteiger charge is 2.25. The number of hydrogen-bond donors (Lipinski definition) is 2. The Bertz CT molecular complexity index is 318. The van der Waals surface area contributed by atoms with E-state index in [1.807, 2.05) is 0 Å². The number of hydrazine groups is 1. The maximum atomic E-state index is 12.7. The van der Waals surface area contributed by atoms with Crippen LogP contribution in [0.4, 0.5) is 10.1 Å². The third-order valence-corrected chi connectivity index (χ3v) is 2.10. The molecule has 1 aromatic rings. The lowest BCUT2D eigenvalue weighted by atomic mass is 10.1. The molecule has 12 heavy (non-hydrogen) atoms. The molecule has 1 unspecified atom stereocenters. The van der Waals surface area contributed by atoms with Gasteiger partial charge in [-0.3, -0.25) is 0 Å². The van der Waals surface area contributed by atoms with Crippen LogP contribution in [0.1, 0.15) is 11.7 Å². The van der Waals surface area contributed by atoms with Gasteiger partial charge in [0.05, 0.1) is 5.69 Å². The lowest BCUT2D eigenvalue weighted by Crippen LogP contribution is -2.23. The molecule has 1 aromatic carbocycles. The number of nitrogens with zero attached hydrogens (tertiary/aromatic N) is 1. The molecular weight excluding hydrogens is 181 g/mol. The lowest BCUT2D eigenvalue weighted by molar-refractivity contribution is 0.443. The van der Waals surface area contributed by atoms with Crippen molar-refractivity contribution >= 4 is 17.5 Å². The van der Waals surface area contributed by atoms with E-state index in [1.54, 1.807) is 6.07 Å². The van der Waals surface area contributed by atoms with Crippen LogP contribution in [0, 0.1) is 5.82 Å². The Labute approximate surface area is 74.0 Å². The molecule has 0 aromatic heterocycles. The lowest BCUT2D eigenvalue weighted by Gasteiger charge is -2.10. The monoisotopic (exact) mass is 187 g/mol. The third kappa shape index (κ3) is 1.04. The minimum atomic E-state index is -0.489. The van der Waals surface area contributed by atoms with Gasteiger partial charge in [0, 0.05) is 17.3 Å². The summed E-state index contributed by atoms with van der Waals surface area (Å²) in [7, 11) is 0. The molecule has 1 heterocycles. The fourth-order valence-electron chi connectivity index (χ4n) is 1.19. The number of fused-ring (bicyclic) bond motifs is 1. The predicted molar refractivity (Wildman–Crippen MR) is 44.6 cm³/mol. The first-order chi connectivity index (χ1) is 5.68. The maximum Gasteiger partial charge on any atom is 0.123 e. The van der Waals surface area contributed by atoms with Gasteiger partial charge >= 0.3 is 0 Å². The summed E-state index contributed by atoms with van der Waals surface area (Å²) in [6.07, 6.45) is -0.489. The number of nitrogens with one attached hydrogen (secondary N) is 1. The second kappa shape index (κ2) is 2.58. The summed E-state index contributed by atoms with van der Waals surface area (Å²) in [6, 6.07) is 4.33. The summed E-state index contributed by atoms with van der Waals surface area (Å²) < 4.78 is 13.9. The van der Waals surface area contributed by atoms with Crippen LogP contribution in [0.15, 0.2) is 18.2 Å². The molecule has 5 heteroatoms. The average Bonchev–Trinajstić information content (AvgIpc) is 2.31. The van der Waals surface area contributed by atoms with Crippen molar-refractivity contribution < 1.29 is 4.39 Å². The van der Waals surface area contributed by atoms with Crippen LogP contribution in [0.25, 0.3) is 0 Å². The highest BCUT2D eigenvalue weighted by Crippen LogP contribution is 2.32. The van der Waals surface area contributed by atoms with Gasteiger partial charge in [-0.2, -0.15) is 0 Å². The van der Waals surface area contributed by atoms with Crippen molar-refractivity contribution in [2.75, 3.05) is 5.43 Å². The minimum absolute atomic E-state index is 0.307. The quantitative estimate of drug-likeness (QED) is 0.606. The molecular formula is C7H7ClFN3. The van der Waals surface area contributed by atoms with Crippen LogP contribution >= 0.6 is 11.8 Å². The van der Waals surface area contributed by atoms with Crippen molar-refractivity contribution in [3.63, 3.8) is 0 Å².